The molecule has 1 aromatic carbocycles. The van der Waals surface area contributed by atoms with Crippen LogP contribution in [0.5, 0.6) is 0 Å². The van der Waals surface area contributed by atoms with Crippen LogP contribution in [0.2, 0.25) is 0 Å². The number of aromatic nitrogens is 2. The number of fused-ring (bicyclic) bond motifs is 1. The third kappa shape index (κ3) is 3.40. The van der Waals surface area contributed by atoms with Crippen molar-refractivity contribution < 1.29 is 22.4 Å². The van der Waals surface area contributed by atoms with E-state index in [1.807, 2.05) is 0 Å². The molecule has 0 spiro atoms. The number of pyridine rings is 1. The Labute approximate surface area is 146 Å². The summed E-state index contributed by atoms with van der Waals surface area (Å²) in [6.07, 6.45) is -3.73. The average Bonchev–Trinajstić information content (AvgIpc) is 2.92. The van der Waals surface area contributed by atoms with E-state index in [0.717, 1.165) is 12.3 Å². The van der Waals surface area contributed by atoms with Gasteiger partial charge in [0.25, 0.3) is 0 Å². The van der Waals surface area contributed by atoms with E-state index in [1.165, 1.54) is 39.6 Å². The molecule has 0 fully saturated rings. The lowest BCUT2D eigenvalue weighted by Gasteiger charge is -2.12. The first kappa shape index (κ1) is 17.9. The van der Waals surface area contributed by atoms with Gasteiger partial charge in [0.2, 0.25) is 5.91 Å². The topological polar surface area (TPSA) is 37.6 Å². The summed E-state index contributed by atoms with van der Waals surface area (Å²) in [5.41, 5.74) is 0.617. The number of alkyl halides is 3. The molecule has 0 atom stereocenters. The first-order valence-electron chi connectivity index (χ1n) is 7.71. The Hall–Kier alpha value is -2.90. The maximum absolute atomic E-state index is 13.2. The van der Waals surface area contributed by atoms with E-state index in [2.05, 4.69) is 4.98 Å². The minimum absolute atomic E-state index is 0.137. The third-order valence-electron chi connectivity index (χ3n) is 3.98. The molecule has 3 rings (SSSR count). The fraction of sp³-hybridized carbons (Fsp3) is 0.222. The van der Waals surface area contributed by atoms with E-state index in [4.69, 9.17) is 0 Å². The van der Waals surface area contributed by atoms with Crippen molar-refractivity contribution in [1.82, 2.24) is 14.3 Å². The summed E-state index contributed by atoms with van der Waals surface area (Å²) in [5, 5.41) is 0. The van der Waals surface area contributed by atoms with Crippen molar-refractivity contribution in [3.63, 3.8) is 0 Å². The molecular formula is C18H15F4N3O. The molecule has 0 saturated heterocycles. The minimum Gasteiger partial charge on any atom is -0.348 e. The fourth-order valence-electron chi connectivity index (χ4n) is 2.57. The van der Waals surface area contributed by atoms with Crippen LogP contribution >= 0.6 is 0 Å². The first-order chi connectivity index (χ1) is 12.2. The molecule has 4 nitrogen and oxygen atoms in total. The summed E-state index contributed by atoms with van der Waals surface area (Å²) < 4.78 is 53.6. The zero-order valence-electron chi connectivity index (χ0n) is 14.0. The SMILES string of the molecule is CN(C)C(=O)Cc1c(-c2ccc(F)cc2)nc2ccc(C(F)(F)F)cn12. The largest absolute Gasteiger partial charge is 0.417 e. The number of likely N-dealkylation sites (N-methyl/N-ethyl adjacent to an activating group) is 1. The number of hydrogen-bond acceptors (Lipinski definition) is 2. The summed E-state index contributed by atoms with van der Waals surface area (Å²) in [7, 11) is 3.12. The molecule has 0 saturated carbocycles. The molecule has 0 aliphatic carbocycles. The number of carbonyl (C=O) groups excluding carboxylic acids is 1. The van der Waals surface area contributed by atoms with E-state index in [0.29, 0.717) is 17.0 Å². The highest BCUT2D eigenvalue weighted by Gasteiger charge is 2.31. The zero-order chi connectivity index (χ0) is 19.1. The summed E-state index contributed by atoms with van der Waals surface area (Å²) >= 11 is 0. The number of rotatable bonds is 3. The molecule has 0 N–H and O–H groups in total. The second-order valence-corrected chi connectivity index (χ2v) is 6.02. The highest BCUT2D eigenvalue weighted by Crippen LogP contribution is 2.31. The van der Waals surface area contributed by atoms with Gasteiger partial charge in [-0.3, -0.25) is 4.79 Å². The van der Waals surface area contributed by atoms with Crippen LogP contribution in [0.15, 0.2) is 42.6 Å². The van der Waals surface area contributed by atoms with Gasteiger partial charge >= 0.3 is 6.18 Å². The van der Waals surface area contributed by atoms with E-state index in [-0.39, 0.29) is 18.0 Å². The predicted molar refractivity (Wildman–Crippen MR) is 88.0 cm³/mol. The van der Waals surface area contributed by atoms with Crippen LogP contribution in [0.1, 0.15) is 11.3 Å². The molecular weight excluding hydrogens is 350 g/mol. The summed E-state index contributed by atoms with van der Waals surface area (Å²) in [5.74, 6) is -0.727. The van der Waals surface area contributed by atoms with E-state index < -0.39 is 17.6 Å². The molecule has 8 heteroatoms. The van der Waals surface area contributed by atoms with Gasteiger partial charge in [-0.1, -0.05) is 0 Å². The standard InChI is InChI=1S/C18H15F4N3O/c1-24(2)16(26)9-14-17(11-3-6-13(19)7-4-11)23-15-8-5-12(10-25(14)15)18(20,21)22/h3-8,10H,9H2,1-2H3. The van der Waals surface area contributed by atoms with Gasteiger partial charge in [0.15, 0.2) is 0 Å². The van der Waals surface area contributed by atoms with Crippen molar-refractivity contribution in [2.75, 3.05) is 14.1 Å². The van der Waals surface area contributed by atoms with Crippen LogP contribution in [0, 0.1) is 5.82 Å². The summed E-state index contributed by atoms with van der Waals surface area (Å²) in [4.78, 5) is 17.9. The average molecular weight is 365 g/mol. The molecule has 0 bridgehead atoms. The molecule has 2 aromatic heterocycles. The lowest BCUT2D eigenvalue weighted by atomic mass is 10.1. The Kier molecular flexibility index (Phi) is 4.43. The van der Waals surface area contributed by atoms with Gasteiger partial charge in [-0.2, -0.15) is 13.2 Å². The molecule has 0 radical (unpaired) electrons. The molecule has 0 aliphatic rings. The van der Waals surface area contributed by atoms with Crippen LogP contribution in [0.25, 0.3) is 16.9 Å². The summed E-state index contributed by atoms with van der Waals surface area (Å²) in [6.45, 7) is 0. The number of halogens is 4. The van der Waals surface area contributed by atoms with Crippen molar-refractivity contribution in [3.8, 4) is 11.3 Å². The van der Waals surface area contributed by atoms with Gasteiger partial charge in [-0.15, -0.1) is 0 Å². The Balaban J connectivity index is 2.22. The molecule has 3 aromatic rings. The molecule has 26 heavy (non-hydrogen) atoms. The number of hydrogen-bond donors (Lipinski definition) is 0. The van der Waals surface area contributed by atoms with E-state index in [1.54, 1.807) is 14.1 Å². The highest BCUT2D eigenvalue weighted by molar-refractivity contribution is 5.81. The highest BCUT2D eigenvalue weighted by atomic mass is 19.4. The first-order valence-corrected chi connectivity index (χ1v) is 7.71. The maximum atomic E-state index is 13.2. The van der Waals surface area contributed by atoms with Gasteiger partial charge in [0, 0.05) is 25.9 Å². The number of nitrogens with zero attached hydrogens (tertiary/aromatic N) is 3. The monoisotopic (exact) mass is 365 g/mol. The second-order valence-electron chi connectivity index (χ2n) is 6.02. The van der Waals surface area contributed by atoms with Crippen LogP contribution in [-0.2, 0) is 17.4 Å². The predicted octanol–water partition coefficient (Wildman–Crippen LogP) is 3.79. The van der Waals surface area contributed by atoms with Crippen molar-refractivity contribution >= 4 is 11.6 Å². The Morgan fingerprint density at radius 3 is 2.35 bits per heavy atom. The van der Waals surface area contributed by atoms with E-state index >= 15 is 0 Å². The van der Waals surface area contributed by atoms with Gasteiger partial charge in [0.05, 0.1) is 23.4 Å². The number of carbonyl (C=O) groups is 1. The van der Waals surface area contributed by atoms with Crippen molar-refractivity contribution in [2.45, 2.75) is 12.6 Å². The van der Waals surface area contributed by atoms with Crippen LogP contribution in [-0.4, -0.2) is 34.3 Å². The van der Waals surface area contributed by atoms with Crippen molar-refractivity contribution in [1.29, 1.82) is 0 Å². The normalized spacial score (nSPS) is 11.8. The molecule has 0 aliphatic heterocycles. The fourth-order valence-corrected chi connectivity index (χ4v) is 2.57. The van der Waals surface area contributed by atoms with Crippen molar-refractivity contribution in [2.24, 2.45) is 0 Å². The lowest BCUT2D eigenvalue weighted by molar-refractivity contribution is -0.137. The van der Waals surface area contributed by atoms with Crippen LogP contribution < -0.4 is 0 Å². The Bertz CT molecular complexity index is 959. The van der Waals surface area contributed by atoms with Gasteiger partial charge in [-0.25, -0.2) is 9.37 Å². The molecule has 1 amide bonds. The molecule has 136 valence electrons. The van der Waals surface area contributed by atoms with Crippen LogP contribution in [0.3, 0.4) is 0 Å². The zero-order valence-corrected chi connectivity index (χ0v) is 14.0. The Morgan fingerprint density at radius 1 is 1.12 bits per heavy atom. The van der Waals surface area contributed by atoms with Crippen molar-refractivity contribution in [3.05, 3.63) is 59.7 Å². The second kappa shape index (κ2) is 6.44. The quantitative estimate of drug-likeness (QED) is 0.663. The minimum atomic E-state index is -4.52. The van der Waals surface area contributed by atoms with Gasteiger partial charge in [-0.05, 0) is 36.4 Å². The number of benzene rings is 1. The van der Waals surface area contributed by atoms with Gasteiger partial charge < -0.3 is 9.30 Å². The molecule has 2 heterocycles. The smallest absolute Gasteiger partial charge is 0.348 e. The molecule has 0 unspecified atom stereocenters. The lowest BCUT2D eigenvalue weighted by Crippen LogP contribution is -2.24. The van der Waals surface area contributed by atoms with E-state index in [9.17, 15) is 22.4 Å². The van der Waals surface area contributed by atoms with Crippen LogP contribution in [0.4, 0.5) is 17.6 Å². The summed E-state index contributed by atoms with van der Waals surface area (Å²) in [6, 6.07) is 7.61. The number of amides is 1. The third-order valence-corrected chi connectivity index (χ3v) is 3.98. The van der Waals surface area contributed by atoms with Gasteiger partial charge in [0.1, 0.15) is 11.5 Å². The maximum Gasteiger partial charge on any atom is 0.417 e. The Morgan fingerprint density at radius 2 is 1.77 bits per heavy atom. The number of imidazole rings is 1.